The highest BCUT2D eigenvalue weighted by Crippen LogP contribution is 2.35. The summed E-state index contributed by atoms with van der Waals surface area (Å²) in [4.78, 5) is 42.1. The predicted molar refractivity (Wildman–Crippen MR) is 234 cm³/mol. The van der Waals surface area contributed by atoms with Gasteiger partial charge >= 0.3 is 18.5 Å². The lowest BCUT2D eigenvalue weighted by Crippen LogP contribution is -2.20. The molecule has 0 saturated carbocycles. The van der Waals surface area contributed by atoms with E-state index in [0.717, 1.165) is 36.4 Å². The molecular weight excluding hydrogens is 880 g/mol. The van der Waals surface area contributed by atoms with Crippen molar-refractivity contribution in [1.29, 1.82) is 0 Å². The summed E-state index contributed by atoms with van der Waals surface area (Å²) in [5, 5.41) is 17.0. The van der Waals surface area contributed by atoms with Gasteiger partial charge in [0.05, 0.1) is 50.8 Å². The Labute approximate surface area is 369 Å². The summed E-state index contributed by atoms with van der Waals surface area (Å²) in [6.45, 7) is 0. The van der Waals surface area contributed by atoms with E-state index in [1.54, 1.807) is 54.6 Å². The Morgan fingerprint density at radius 3 is 0.727 bits per heavy atom. The van der Waals surface area contributed by atoms with Crippen LogP contribution in [0.2, 0.25) is 0 Å². The lowest BCUT2D eigenvalue weighted by atomic mass is 10.0. The van der Waals surface area contributed by atoms with E-state index in [2.05, 4.69) is 31.9 Å². The fraction of sp³-hybridized carbons (Fsp3) is 0.0625. The SMILES string of the molecule is O=C(Nc1ccccc1Nc1ccc(C(F)(F)F)cc1)c1cc(C(=O)Nc2ccccc2Nc2ccc(C(F)(F)F)cc2)cc(C(=O)Nc2ccccc2Nc2ccc(C(F)(F)F)cc2)c1. The van der Waals surface area contributed by atoms with Crippen LogP contribution in [-0.4, -0.2) is 17.7 Å². The first-order chi connectivity index (χ1) is 31.3. The van der Waals surface area contributed by atoms with Gasteiger partial charge in [-0.05, 0) is 127 Å². The van der Waals surface area contributed by atoms with Crippen molar-refractivity contribution >= 4 is 68.9 Å². The largest absolute Gasteiger partial charge is 0.416 e. The minimum Gasteiger partial charge on any atom is -0.354 e. The van der Waals surface area contributed by atoms with Crippen molar-refractivity contribution in [2.45, 2.75) is 18.5 Å². The number of hydrogen-bond acceptors (Lipinski definition) is 6. The van der Waals surface area contributed by atoms with Gasteiger partial charge in [-0.2, -0.15) is 39.5 Å². The zero-order valence-corrected chi connectivity index (χ0v) is 33.7. The van der Waals surface area contributed by atoms with Crippen LogP contribution in [0.4, 0.5) is 90.7 Å². The summed E-state index contributed by atoms with van der Waals surface area (Å²) in [6, 6.07) is 35.0. The average molecular weight is 913 g/mol. The fourth-order valence-electron chi connectivity index (χ4n) is 6.40. The Kier molecular flexibility index (Phi) is 13.0. The second-order valence-electron chi connectivity index (χ2n) is 14.4. The molecule has 3 amide bonds. The summed E-state index contributed by atoms with van der Waals surface area (Å²) in [6.07, 6.45) is -13.7. The Bertz CT molecular complexity index is 2560. The van der Waals surface area contributed by atoms with Crippen molar-refractivity contribution in [3.8, 4) is 0 Å². The molecule has 0 spiro atoms. The molecule has 0 aliphatic heterocycles. The molecule has 0 saturated heterocycles. The van der Waals surface area contributed by atoms with Gasteiger partial charge in [0, 0.05) is 33.8 Å². The normalized spacial score (nSPS) is 11.6. The number of para-hydroxylation sites is 6. The molecule has 0 fully saturated rings. The summed E-state index contributed by atoms with van der Waals surface area (Å²) in [5.41, 5.74) is -0.984. The number of hydrogen-bond donors (Lipinski definition) is 6. The van der Waals surface area contributed by atoms with E-state index in [9.17, 15) is 53.9 Å². The molecule has 9 nitrogen and oxygen atoms in total. The van der Waals surface area contributed by atoms with Crippen LogP contribution in [0.15, 0.2) is 164 Å². The topological polar surface area (TPSA) is 123 Å². The van der Waals surface area contributed by atoms with Crippen LogP contribution in [0.25, 0.3) is 0 Å². The summed E-state index contributed by atoms with van der Waals surface area (Å²) in [5.74, 6) is -2.43. The van der Waals surface area contributed by atoms with Crippen LogP contribution in [0.3, 0.4) is 0 Å². The van der Waals surface area contributed by atoms with Gasteiger partial charge in [-0.15, -0.1) is 0 Å². The monoisotopic (exact) mass is 912 g/mol. The minimum absolute atomic E-state index is 0.176. The third-order valence-corrected chi connectivity index (χ3v) is 9.72. The average Bonchev–Trinajstić information content (AvgIpc) is 3.28. The maximum Gasteiger partial charge on any atom is 0.416 e. The highest BCUT2D eigenvalue weighted by Gasteiger charge is 2.32. The van der Waals surface area contributed by atoms with Crippen molar-refractivity contribution in [1.82, 2.24) is 0 Å². The van der Waals surface area contributed by atoms with Gasteiger partial charge in [-0.25, -0.2) is 0 Å². The number of carbonyl (C=O) groups is 3. The number of carbonyl (C=O) groups excluding carboxylic acids is 3. The summed E-state index contributed by atoms with van der Waals surface area (Å²) in [7, 11) is 0. The van der Waals surface area contributed by atoms with Crippen LogP contribution >= 0.6 is 0 Å². The standard InChI is InChI=1S/C48H33F9N6O3/c49-46(50,51)31-13-19-34(20-14-31)58-37-7-1-4-10-40(37)61-43(64)28-25-29(44(65)62-41-11-5-2-8-38(41)59-35-21-15-32(16-22-35)47(52,53)54)27-30(26-28)45(66)63-42-12-6-3-9-39(42)60-36-23-17-33(18-24-36)48(55,56)57/h1-27,58-60H,(H,61,64)(H,62,65)(H,63,66). The minimum atomic E-state index is -4.56. The molecule has 7 aromatic rings. The number of rotatable bonds is 12. The molecule has 0 aliphatic rings. The molecule has 0 radical (unpaired) electrons. The lowest BCUT2D eigenvalue weighted by molar-refractivity contribution is -0.138. The maximum atomic E-state index is 14.0. The van der Waals surface area contributed by atoms with Crippen LogP contribution in [0.5, 0.6) is 0 Å². The molecule has 7 aromatic carbocycles. The maximum absolute atomic E-state index is 14.0. The number of benzene rings is 7. The van der Waals surface area contributed by atoms with Crippen molar-refractivity contribution in [2.75, 3.05) is 31.9 Å². The number of alkyl halides is 9. The molecule has 0 aromatic heterocycles. The molecule has 18 heteroatoms. The summed E-state index contributed by atoms with van der Waals surface area (Å²) >= 11 is 0. The molecule has 0 unspecified atom stereocenters. The van der Waals surface area contributed by atoms with E-state index < -0.39 is 52.9 Å². The Morgan fingerprint density at radius 1 is 0.303 bits per heavy atom. The van der Waals surface area contributed by atoms with Gasteiger partial charge < -0.3 is 31.9 Å². The molecule has 0 heterocycles. The predicted octanol–water partition coefficient (Wildman–Crippen LogP) is 13.7. The zero-order valence-electron chi connectivity index (χ0n) is 33.7. The van der Waals surface area contributed by atoms with Crippen LogP contribution < -0.4 is 31.9 Å². The number of anilines is 9. The number of halogens is 9. The fourth-order valence-corrected chi connectivity index (χ4v) is 6.40. The number of nitrogens with one attached hydrogen (secondary N) is 6. The van der Waals surface area contributed by atoms with E-state index in [1.165, 1.54) is 72.8 Å². The van der Waals surface area contributed by atoms with E-state index >= 15 is 0 Å². The van der Waals surface area contributed by atoms with Gasteiger partial charge in [0.2, 0.25) is 0 Å². The van der Waals surface area contributed by atoms with Gasteiger partial charge in [0.25, 0.3) is 17.7 Å². The Morgan fingerprint density at radius 2 is 0.515 bits per heavy atom. The number of amides is 3. The molecule has 6 N–H and O–H groups in total. The van der Waals surface area contributed by atoms with Crippen molar-refractivity contribution in [3.05, 3.63) is 197 Å². The highest BCUT2D eigenvalue weighted by molar-refractivity contribution is 6.14. The first-order valence-electron chi connectivity index (χ1n) is 19.5. The Balaban J connectivity index is 1.18. The van der Waals surface area contributed by atoms with E-state index in [-0.39, 0.29) is 67.9 Å². The first kappa shape index (κ1) is 45.7. The lowest BCUT2D eigenvalue weighted by Gasteiger charge is -2.17. The highest BCUT2D eigenvalue weighted by atomic mass is 19.4. The van der Waals surface area contributed by atoms with Gasteiger partial charge in [-0.1, -0.05) is 36.4 Å². The van der Waals surface area contributed by atoms with Crippen LogP contribution in [0.1, 0.15) is 47.8 Å². The zero-order chi connectivity index (χ0) is 47.2. The Hall–Kier alpha value is -8.28. The van der Waals surface area contributed by atoms with Crippen molar-refractivity contribution in [2.24, 2.45) is 0 Å². The second kappa shape index (κ2) is 18.8. The quantitative estimate of drug-likeness (QED) is 0.0679. The van der Waals surface area contributed by atoms with Crippen LogP contribution in [0, 0.1) is 0 Å². The molecule has 0 bridgehead atoms. The van der Waals surface area contributed by atoms with E-state index in [1.807, 2.05) is 0 Å². The second-order valence-corrected chi connectivity index (χ2v) is 14.4. The van der Waals surface area contributed by atoms with Gasteiger partial charge in [0.1, 0.15) is 0 Å². The van der Waals surface area contributed by atoms with Gasteiger partial charge in [0.15, 0.2) is 0 Å². The van der Waals surface area contributed by atoms with Crippen molar-refractivity contribution in [3.63, 3.8) is 0 Å². The van der Waals surface area contributed by atoms with Crippen LogP contribution in [-0.2, 0) is 18.5 Å². The molecular formula is C48H33F9N6O3. The smallest absolute Gasteiger partial charge is 0.354 e. The molecule has 0 atom stereocenters. The molecule has 7 rings (SSSR count). The van der Waals surface area contributed by atoms with Gasteiger partial charge in [-0.3, -0.25) is 14.4 Å². The molecule has 66 heavy (non-hydrogen) atoms. The first-order valence-corrected chi connectivity index (χ1v) is 19.5. The van der Waals surface area contributed by atoms with E-state index in [4.69, 9.17) is 0 Å². The molecule has 336 valence electrons. The third-order valence-electron chi connectivity index (χ3n) is 9.72. The summed E-state index contributed by atoms with van der Waals surface area (Å²) < 4.78 is 119. The third kappa shape index (κ3) is 11.4. The molecule has 0 aliphatic carbocycles. The van der Waals surface area contributed by atoms with E-state index in [0.29, 0.717) is 0 Å². The van der Waals surface area contributed by atoms with Crippen molar-refractivity contribution < 1.29 is 53.9 Å².